The molecule has 0 aliphatic carbocycles. The second-order valence-electron chi connectivity index (χ2n) is 5.64. The molecular weight excluding hydrogens is 298 g/mol. The molecule has 3 N–H and O–H groups in total. The van der Waals surface area contributed by atoms with Crippen LogP contribution in [0, 0.1) is 5.41 Å². The Kier molecular flexibility index (Phi) is 7.31. The standard InChI is InChI=1S/C15H27N5OS/c1-6-11-9-19-12(22-11)7-8-18-14(17-5)20-10-15(2,3)13(21)16-4/h9H,6-8,10H2,1-5H3,(H,16,21)(H2,17,18,20). The number of amides is 1. The van der Waals surface area contributed by atoms with Crippen molar-refractivity contribution in [1.29, 1.82) is 0 Å². The van der Waals surface area contributed by atoms with Gasteiger partial charge >= 0.3 is 0 Å². The molecule has 1 heterocycles. The summed E-state index contributed by atoms with van der Waals surface area (Å²) in [6.45, 7) is 7.21. The SMILES string of the molecule is CCc1cnc(CCNC(=NC)NCC(C)(C)C(=O)NC)s1. The van der Waals surface area contributed by atoms with Crippen LogP contribution in [0.25, 0.3) is 0 Å². The first-order chi connectivity index (χ1) is 10.4. The molecule has 0 aromatic carbocycles. The molecule has 1 amide bonds. The molecule has 0 aliphatic heterocycles. The fraction of sp³-hybridized carbons (Fsp3) is 0.667. The minimum Gasteiger partial charge on any atom is -0.359 e. The zero-order chi connectivity index (χ0) is 16.6. The fourth-order valence-corrected chi connectivity index (χ4v) is 2.72. The number of hydrogen-bond donors (Lipinski definition) is 3. The predicted octanol–water partition coefficient (Wildman–Crippen LogP) is 1.19. The first-order valence-electron chi connectivity index (χ1n) is 7.53. The summed E-state index contributed by atoms with van der Waals surface area (Å²) in [5.74, 6) is 0.703. The van der Waals surface area contributed by atoms with Gasteiger partial charge in [-0.3, -0.25) is 9.79 Å². The minimum absolute atomic E-state index is 0.00494. The van der Waals surface area contributed by atoms with Gasteiger partial charge in [-0.2, -0.15) is 0 Å². The fourth-order valence-electron chi connectivity index (χ4n) is 1.86. The number of aliphatic imine (C=N–C) groups is 1. The molecule has 0 atom stereocenters. The van der Waals surface area contributed by atoms with Crippen LogP contribution >= 0.6 is 11.3 Å². The lowest BCUT2D eigenvalue weighted by Crippen LogP contribution is -2.47. The summed E-state index contributed by atoms with van der Waals surface area (Å²) in [7, 11) is 3.37. The Bertz CT molecular complexity index is 510. The van der Waals surface area contributed by atoms with Crippen molar-refractivity contribution >= 4 is 23.2 Å². The summed E-state index contributed by atoms with van der Waals surface area (Å²) >= 11 is 1.75. The third-order valence-electron chi connectivity index (χ3n) is 3.34. The Morgan fingerprint density at radius 2 is 2.14 bits per heavy atom. The number of hydrogen-bond acceptors (Lipinski definition) is 4. The van der Waals surface area contributed by atoms with Crippen molar-refractivity contribution in [2.24, 2.45) is 10.4 Å². The number of aromatic nitrogens is 1. The number of carbonyl (C=O) groups excluding carboxylic acids is 1. The third-order valence-corrected chi connectivity index (χ3v) is 4.55. The Morgan fingerprint density at radius 3 is 2.68 bits per heavy atom. The topological polar surface area (TPSA) is 78.4 Å². The van der Waals surface area contributed by atoms with Gasteiger partial charge < -0.3 is 16.0 Å². The second-order valence-corrected chi connectivity index (χ2v) is 6.84. The summed E-state index contributed by atoms with van der Waals surface area (Å²) in [4.78, 5) is 21.6. The van der Waals surface area contributed by atoms with Gasteiger partial charge in [-0.25, -0.2) is 4.98 Å². The Morgan fingerprint density at radius 1 is 1.41 bits per heavy atom. The summed E-state index contributed by atoms with van der Waals surface area (Å²) in [6.07, 6.45) is 3.84. The average Bonchev–Trinajstić information content (AvgIpc) is 2.97. The zero-order valence-electron chi connectivity index (χ0n) is 14.1. The highest BCUT2D eigenvalue weighted by Gasteiger charge is 2.26. The maximum absolute atomic E-state index is 11.7. The Balaban J connectivity index is 2.38. The molecule has 0 saturated carbocycles. The van der Waals surface area contributed by atoms with Gasteiger partial charge in [0.2, 0.25) is 5.91 Å². The number of nitrogens with zero attached hydrogens (tertiary/aromatic N) is 2. The van der Waals surface area contributed by atoms with Gasteiger partial charge in [0.15, 0.2) is 5.96 Å². The molecule has 0 saturated heterocycles. The van der Waals surface area contributed by atoms with Crippen molar-refractivity contribution in [3.8, 4) is 0 Å². The van der Waals surface area contributed by atoms with E-state index in [0.29, 0.717) is 12.5 Å². The molecule has 0 spiro atoms. The molecule has 1 aromatic rings. The van der Waals surface area contributed by atoms with Crippen LogP contribution in [0.5, 0.6) is 0 Å². The maximum Gasteiger partial charge on any atom is 0.227 e. The summed E-state index contributed by atoms with van der Waals surface area (Å²) in [5.41, 5.74) is -0.488. The average molecular weight is 325 g/mol. The van der Waals surface area contributed by atoms with Crippen LogP contribution in [-0.2, 0) is 17.6 Å². The molecule has 124 valence electrons. The summed E-state index contributed by atoms with van der Waals surface area (Å²) in [5, 5.41) is 10.2. The van der Waals surface area contributed by atoms with E-state index in [1.165, 1.54) is 4.88 Å². The van der Waals surface area contributed by atoms with E-state index in [0.717, 1.165) is 24.4 Å². The number of aryl methyl sites for hydroxylation is 1. The normalized spacial score (nSPS) is 12.1. The van der Waals surface area contributed by atoms with Crippen LogP contribution in [0.15, 0.2) is 11.2 Å². The van der Waals surface area contributed by atoms with E-state index in [2.05, 4.69) is 32.9 Å². The molecule has 0 fully saturated rings. The number of nitrogens with one attached hydrogen (secondary N) is 3. The van der Waals surface area contributed by atoms with Crippen LogP contribution in [0.4, 0.5) is 0 Å². The van der Waals surface area contributed by atoms with Crippen molar-refractivity contribution < 1.29 is 4.79 Å². The van der Waals surface area contributed by atoms with E-state index in [-0.39, 0.29) is 5.91 Å². The molecular formula is C15H27N5OS. The Hall–Kier alpha value is -1.63. The quantitative estimate of drug-likeness (QED) is 0.520. The van der Waals surface area contributed by atoms with Gasteiger partial charge in [0.05, 0.1) is 10.4 Å². The third kappa shape index (κ3) is 5.63. The number of rotatable bonds is 7. The summed E-state index contributed by atoms with van der Waals surface area (Å²) < 4.78 is 0. The van der Waals surface area contributed by atoms with Crippen molar-refractivity contribution in [2.75, 3.05) is 27.2 Å². The highest BCUT2D eigenvalue weighted by Crippen LogP contribution is 2.14. The van der Waals surface area contributed by atoms with Gasteiger partial charge in [-0.05, 0) is 20.3 Å². The molecule has 6 nitrogen and oxygen atoms in total. The highest BCUT2D eigenvalue weighted by atomic mass is 32.1. The van der Waals surface area contributed by atoms with Gasteiger partial charge in [-0.15, -0.1) is 11.3 Å². The maximum atomic E-state index is 11.7. The van der Waals surface area contributed by atoms with Crippen LogP contribution in [-0.4, -0.2) is 44.0 Å². The Labute approximate surface area is 136 Å². The molecule has 22 heavy (non-hydrogen) atoms. The van der Waals surface area contributed by atoms with E-state index in [9.17, 15) is 4.79 Å². The van der Waals surface area contributed by atoms with Gasteiger partial charge in [0, 0.05) is 44.7 Å². The van der Waals surface area contributed by atoms with Crippen molar-refractivity contribution in [1.82, 2.24) is 20.9 Å². The lowest BCUT2D eigenvalue weighted by atomic mass is 9.92. The highest BCUT2D eigenvalue weighted by molar-refractivity contribution is 7.11. The first-order valence-corrected chi connectivity index (χ1v) is 8.35. The van der Waals surface area contributed by atoms with Crippen LogP contribution < -0.4 is 16.0 Å². The molecule has 0 aliphatic rings. The van der Waals surface area contributed by atoms with E-state index in [4.69, 9.17) is 0 Å². The number of carbonyl (C=O) groups is 1. The van der Waals surface area contributed by atoms with E-state index < -0.39 is 5.41 Å². The van der Waals surface area contributed by atoms with Gasteiger partial charge in [-0.1, -0.05) is 6.92 Å². The smallest absolute Gasteiger partial charge is 0.227 e. The minimum atomic E-state index is -0.488. The lowest BCUT2D eigenvalue weighted by molar-refractivity contribution is -0.128. The molecule has 0 radical (unpaired) electrons. The van der Waals surface area contributed by atoms with E-state index >= 15 is 0 Å². The van der Waals surface area contributed by atoms with Crippen LogP contribution in [0.3, 0.4) is 0 Å². The largest absolute Gasteiger partial charge is 0.359 e. The van der Waals surface area contributed by atoms with Crippen molar-refractivity contribution in [3.63, 3.8) is 0 Å². The monoisotopic (exact) mass is 325 g/mol. The zero-order valence-corrected chi connectivity index (χ0v) is 14.9. The van der Waals surface area contributed by atoms with E-state index in [1.54, 1.807) is 25.4 Å². The number of guanidine groups is 1. The lowest BCUT2D eigenvalue weighted by Gasteiger charge is -2.24. The van der Waals surface area contributed by atoms with Gasteiger partial charge in [0.25, 0.3) is 0 Å². The molecule has 0 bridgehead atoms. The molecule has 0 unspecified atom stereocenters. The van der Waals surface area contributed by atoms with E-state index in [1.807, 2.05) is 20.0 Å². The number of thiazole rings is 1. The predicted molar refractivity (Wildman–Crippen MR) is 92.4 cm³/mol. The molecule has 7 heteroatoms. The molecule has 1 aromatic heterocycles. The second kappa shape index (κ2) is 8.73. The first kappa shape index (κ1) is 18.4. The van der Waals surface area contributed by atoms with Crippen molar-refractivity contribution in [2.45, 2.75) is 33.6 Å². The van der Waals surface area contributed by atoms with Crippen LogP contribution in [0.2, 0.25) is 0 Å². The molecule has 1 rings (SSSR count). The van der Waals surface area contributed by atoms with Crippen molar-refractivity contribution in [3.05, 3.63) is 16.1 Å². The summed E-state index contributed by atoms with van der Waals surface area (Å²) in [6, 6.07) is 0. The van der Waals surface area contributed by atoms with Gasteiger partial charge in [0.1, 0.15) is 0 Å². The van der Waals surface area contributed by atoms with Crippen LogP contribution in [0.1, 0.15) is 30.7 Å².